The molecule has 1 aromatic rings. The number of benzene rings is 1. The first-order valence-corrected chi connectivity index (χ1v) is 9.13. The van der Waals surface area contributed by atoms with Gasteiger partial charge in [-0.2, -0.15) is 0 Å². The van der Waals surface area contributed by atoms with Gasteiger partial charge in [-0.15, -0.1) is 0 Å². The lowest BCUT2D eigenvalue weighted by molar-refractivity contribution is -0.127. The van der Waals surface area contributed by atoms with Crippen LogP contribution in [0.2, 0.25) is 10.0 Å². The van der Waals surface area contributed by atoms with Crippen molar-refractivity contribution < 1.29 is 4.79 Å². The van der Waals surface area contributed by atoms with E-state index in [0.717, 1.165) is 31.5 Å². The summed E-state index contributed by atoms with van der Waals surface area (Å²) in [5.74, 6) is 0.650. The summed E-state index contributed by atoms with van der Waals surface area (Å²) >= 11 is 12.2. The Morgan fingerprint density at radius 3 is 2.43 bits per heavy atom. The number of amides is 1. The van der Waals surface area contributed by atoms with Crippen molar-refractivity contribution in [1.82, 2.24) is 10.6 Å². The van der Waals surface area contributed by atoms with E-state index in [0.29, 0.717) is 22.5 Å². The summed E-state index contributed by atoms with van der Waals surface area (Å²) in [5.41, 5.74) is 1.02. The van der Waals surface area contributed by atoms with Crippen LogP contribution in [-0.2, 0) is 10.2 Å². The molecule has 0 spiro atoms. The molecule has 1 aliphatic rings. The number of carbonyl (C=O) groups is 1. The third-order valence-corrected chi connectivity index (χ3v) is 6.16. The maximum atomic E-state index is 12.4. The number of hydrogen-bond donors (Lipinski definition) is 2. The summed E-state index contributed by atoms with van der Waals surface area (Å²) in [6.07, 6.45) is 1.86. The summed E-state index contributed by atoms with van der Waals surface area (Å²) in [4.78, 5) is 12.4. The van der Waals surface area contributed by atoms with Crippen LogP contribution in [0.25, 0.3) is 0 Å². The number of rotatable bonds is 7. The van der Waals surface area contributed by atoms with Crippen LogP contribution in [0.4, 0.5) is 0 Å². The highest BCUT2D eigenvalue weighted by atomic mass is 35.5. The highest BCUT2D eigenvalue weighted by molar-refractivity contribution is 6.42. The monoisotopic (exact) mass is 356 g/mol. The van der Waals surface area contributed by atoms with E-state index in [2.05, 4.69) is 24.5 Å². The molecule has 1 aliphatic heterocycles. The molecular formula is C18H26Cl2N2O. The molecule has 3 nitrogen and oxygen atoms in total. The smallest absolute Gasteiger partial charge is 0.223 e. The molecule has 0 radical (unpaired) electrons. The second kappa shape index (κ2) is 7.87. The molecule has 128 valence electrons. The summed E-state index contributed by atoms with van der Waals surface area (Å²) in [6.45, 7) is 8.82. The molecule has 0 aliphatic carbocycles. The first-order valence-electron chi connectivity index (χ1n) is 8.37. The molecule has 1 heterocycles. The van der Waals surface area contributed by atoms with Gasteiger partial charge in [0.05, 0.1) is 10.0 Å². The van der Waals surface area contributed by atoms with Crippen molar-refractivity contribution in [2.24, 2.45) is 11.8 Å². The van der Waals surface area contributed by atoms with Gasteiger partial charge in [0.15, 0.2) is 0 Å². The summed E-state index contributed by atoms with van der Waals surface area (Å²) in [7, 11) is 0. The van der Waals surface area contributed by atoms with E-state index < -0.39 is 0 Å². The second-order valence-corrected chi connectivity index (χ2v) is 7.36. The average Bonchev–Trinajstić information content (AvgIpc) is 2.50. The van der Waals surface area contributed by atoms with E-state index >= 15 is 0 Å². The Morgan fingerprint density at radius 2 is 1.96 bits per heavy atom. The highest BCUT2D eigenvalue weighted by Crippen LogP contribution is 2.35. The van der Waals surface area contributed by atoms with E-state index in [1.165, 1.54) is 0 Å². The SMILES string of the molecule is CCC(CC)(CNC(=O)C(C)C1CNC1)c1ccc(Cl)c(Cl)c1. The van der Waals surface area contributed by atoms with Gasteiger partial charge in [-0.1, -0.05) is 50.0 Å². The molecule has 5 heteroatoms. The van der Waals surface area contributed by atoms with E-state index in [1.807, 2.05) is 25.1 Å². The van der Waals surface area contributed by atoms with Crippen molar-refractivity contribution in [3.05, 3.63) is 33.8 Å². The molecule has 0 aromatic heterocycles. The summed E-state index contributed by atoms with van der Waals surface area (Å²) < 4.78 is 0. The zero-order valence-corrected chi connectivity index (χ0v) is 15.6. The fourth-order valence-electron chi connectivity index (χ4n) is 3.13. The normalized spacial score (nSPS) is 16.7. The summed E-state index contributed by atoms with van der Waals surface area (Å²) in [6, 6.07) is 5.79. The molecular weight excluding hydrogens is 331 g/mol. The molecule has 0 bridgehead atoms. The predicted molar refractivity (Wildman–Crippen MR) is 97.3 cm³/mol. The Kier molecular flexibility index (Phi) is 6.35. The third-order valence-electron chi connectivity index (χ3n) is 5.42. The van der Waals surface area contributed by atoms with Crippen LogP contribution >= 0.6 is 23.2 Å². The largest absolute Gasteiger partial charge is 0.355 e. The Labute approximate surface area is 149 Å². The first kappa shape index (κ1) is 18.6. The van der Waals surface area contributed by atoms with Gasteiger partial charge in [-0.25, -0.2) is 0 Å². The predicted octanol–water partition coefficient (Wildman–Crippen LogP) is 4.02. The van der Waals surface area contributed by atoms with Crippen LogP contribution in [0.5, 0.6) is 0 Å². The Balaban J connectivity index is 2.10. The zero-order chi connectivity index (χ0) is 17.0. The first-order chi connectivity index (χ1) is 10.9. The van der Waals surface area contributed by atoms with Gasteiger partial charge < -0.3 is 10.6 Å². The number of halogens is 2. The topological polar surface area (TPSA) is 41.1 Å². The van der Waals surface area contributed by atoms with Crippen LogP contribution in [0, 0.1) is 11.8 Å². The van der Waals surface area contributed by atoms with Crippen LogP contribution in [0.1, 0.15) is 39.2 Å². The van der Waals surface area contributed by atoms with Crippen molar-refractivity contribution in [1.29, 1.82) is 0 Å². The fraction of sp³-hybridized carbons (Fsp3) is 0.611. The van der Waals surface area contributed by atoms with Gasteiger partial charge in [0.2, 0.25) is 5.91 Å². The molecule has 1 amide bonds. The lowest BCUT2D eigenvalue weighted by Crippen LogP contribution is -2.51. The molecule has 1 atom stereocenters. The average molecular weight is 357 g/mol. The number of carbonyl (C=O) groups excluding carboxylic acids is 1. The molecule has 1 unspecified atom stereocenters. The molecule has 23 heavy (non-hydrogen) atoms. The summed E-state index contributed by atoms with van der Waals surface area (Å²) in [5, 5.41) is 7.51. The molecule has 0 saturated carbocycles. The van der Waals surface area contributed by atoms with Gasteiger partial charge in [-0.3, -0.25) is 4.79 Å². The Hall–Kier alpha value is -0.770. The minimum atomic E-state index is -0.110. The Bertz CT molecular complexity index is 554. The van der Waals surface area contributed by atoms with Crippen molar-refractivity contribution in [3.8, 4) is 0 Å². The number of hydrogen-bond acceptors (Lipinski definition) is 2. The zero-order valence-electron chi connectivity index (χ0n) is 14.1. The van der Waals surface area contributed by atoms with E-state index in [-0.39, 0.29) is 17.2 Å². The second-order valence-electron chi connectivity index (χ2n) is 6.54. The van der Waals surface area contributed by atoms with Crippen LogP contribution in [-0.4, -0.2) is 25.5 Å². The number of nitrogens with one attached hydrogen (secondary N) is 2. The van der Waals surface area contributed by atoms with Gasteiger partial charge in [-0.05, 0) is 49.5 Å². The van der Waals surface area contributed by atoms with E-state index in [9.17, 15) is 4.79 Å². The third kappa shape index (κ3) is 4.01. The minimum Gasteiger partial charge on any atom is -0.355 e. The fourth-order valence-corrected chi connectivity index (χ4v) is 3.43. The van der Waals surface area contributed by atoms with Gasteiger partial charge in [0, 0.05) is 17.9 Å². The molecule has 2 rings (SSSR count). The van der Waals surface area contributed by atoms with Crippen LogP contribution in [0.15, 0.2) is 18.2 Å². The molecule has 1 fully saturated rings. The molecule has 1 aromatic carbocycles. The van der Waals surface area contributed by atoms with Crippen molar-refractivity contribution in [3.63, 3.8) is 0 Å². The quantitative estimate of drug-likeness (QED) is 0.774. The van der Waals surface area contributed by atoms with E-state index in [1.54, 1.807) is 0 Å². The lowest BCUT2D eigenvalue weighted by Gasteiger charge is -2.35. The highest BCUT2D eigenvalue weighted by Gasteiger charge is 2.32. The maximum Gasteiger partial charge on any atom is 0.223 e. The van der Waals surface area contributed by atoms with Gasteiger partial charge in [0.1, 0.15) is 0 Å². The minimum absolute atomic E-state index is 0.0523. The molecule has 1 saturated heterocycles. The standard InChI is InChI=1S/C18H26Cl2N2O/c1-4-18(5-2,14-6-7-15(19)16(20)8-14)11-22-17(23)12(3)13-9-21-10-13/h6-8,12-13,21H,4-5,9-11H2,1-3H3,(H,22,23). The Morgan fingerprint density at radius 1 is 1.30 bits per heavy atom. The molecule has 2 N–H and O–H groups in total. The van der Waals surface area contributed by atoms with Crippen molar-refractivity contribution >= 4 is 29.1 Å². The van der Waals surface area contributed by atoms with Crippen molar-refractivity contribution in [2.75, 3.05) is 19.6 Å². The van der Waals surface area contributed by atoms with Crippen molar-refractivity contribution in [2.45, 2.75) is 39.0 Å². The van der Waals surface area contributed by atoms with E-state index in [4.69, 9.17) is 23.2 Å². The van der Waals surface area contributed by atoms with Crippen LogP contribution in [0.3, 0.4) is 0 Å². The van der Waals surface area contributed by atoms with Gasteiger partial charge in [0.25, 0.3) is 0 Å². The maximum absolute atomic E-state index is 12.4. The lowest BCUT2D eigenvalue weighted by atomic mass is 9.75. The van der Waals surface area contributed by atoms with Crippen LogP contribution < -0.4 is 10.6 Å². The van der Waals surface area contributed by atoms with Gasteiger partial charge >= 0.3 is 0 Å².